The van der Waals surface area contributed by atoms with Crippen LogP contribution in [0.25, 0.3) is 11.3 Å². The number of nitrogens with zero attached hydrogens (tertiary/aromatic N) is 1. The second-order valence-corrected chi connectivity index (χ2v) is 3.05. The summed E-state index contributed by atoms with van der Waals surface area (Å²) in [5, 5.41) is 3.60. The van der Waals surface area contributed by atoms with E-state index in [0.29, 0.717) is 0 Å². The van der Waals surface area contributed by atoms with Gasteiger partial charge in [-0.05, 0) is 12.1 Å². The standard InChI is InChI=1S/C11H8FNO3/c1-15-11(14)8-6-16-13-10(8)7-4-2-3-5-9(7)12/h2-6H,1H3. The first-order valence-electron chi connectivity index (χ1n) is 4.51. The lowest BCUT2D eigenvalue weighted by atomic mass is 10.1. The monoisotopic (exact) mass is 221 g/mol. The van der Waals surface area contributed by atoms with Crippen molar-refractivity contribution in [2.45, 2.75) is 0 Å². The van der Waals surface area contributed by atoms with Crippen LogP contribution in [0.15, 0.2) is 35.1 Å². The minimum atomic E-state index is -0.612. The van der Waals surface area contributed by atoms with Crippen molar-refractivity contribution in [1.82, 2.24) is 5.16 Å². The predicted octanol–water partition coefficient (Wildman–Crippen LogP) is 2.27. The summed E-state index contributed by atoms with van der Waals surface area (Å²) >= 11 is 0. The van der Waals surface area contributed by atoms with Crippen molar-refractivity contribution in [3.8, 4) is 11.3 Å². The van der Waals surface area contributed by atoms with E-state index in [0.717, 1.165) is 6.26 Å². The molecular formula is C11H8FNO3. The molecule has 16 heavy (non-hydrogen) atoms. The number of benzene rings is 1. The Kier molecular flexibility index (Phi) is 2.68. The Balaban J connectivity index is 2.53. The van der Waals surface area contributed by atoms with Crippen molar-refractivity contribution in [3.05, 3.63) is 41.9 Å². The fraction of sp³-hybridized carbons (Fsp3) is 0.0909. The van der Waals surface area contributed by atoms with Crippen LogP contribution in [0.1, 0.15) is 10.4 Å². The minimum absolute atomic E-state index is 0.104. The molecule has 4 nitrogen and oxygen atoms in total. The number of aromatic nitrogens is 1. The van der Waals surface area contributed by atoms with Gasteiger partial charge in [-0.25, -0.2) is 9.18 Å². The maximum Gasteiger partial charge on any atom is 0.343 e. The molecule has 0 N–H and O–H groups in total. The highest BCUT2D eigenvalue weighted by atomic mass is 19.1. The van der Waals surface area contributed by atoms with Gasteiger partial charge in [-0.3, -0.25) is 0 Å². The van der Waals surface area contributed by atoms with E-state index in [9.17, 15) is 9.18 Å². The molecule has 0 saturated carbocycles. The molecule has 5 heteroatoms. The van der Waals surface area contributed by atoms with Gasteiger partial charge >= 0.3 is 5.97 Å². The summed E-state index contributed by atoms with van der Waals surface area (Å²) in [6.07, 6.45) is 1.13. The molecule has 1 aromatic carbocycles. The molecule has 0 atom stereocenters. The van der Waals surface area contributed by atoms with Crippen LogP contribution < -0.4 is 0 Å². The number of carbonyl (C=O) groups is 1. The van der Waals surface area contributed by atoms with Gasteiger partial charge in [0.05, 0.1) is 7.11 Å². The summed E-state index contributed by atoms with van der Waals surface area (Å²) < 4.78 is 22.7. The smallest absolute Gasteiger partial charge is 0.343 e. The molecule has 0 spiro atoms. The zero-order valence-corrected chi connectivity index (χ0v) is 8.44. The zero-order chi connectivity index (χ0) is 11.5. The molecule has 0 amide bonds. The van der Waals surface area contributed by atoms with E-state index in [1.807, 2.05) is 0 Å². The van der Waals surface area contributed by atoms with E-state index < -0.39 is 11.8 Å². The van der Waals surface area contributed by atoms with Gasteiger partial charge in [0.1, 0.15) is 23.3 Å². The van der Waals surface area contributed by atoms with Gasteiger partial charge < -0.3 is 9.26 Å². The van der Waals surface area contributed by atoms with Crippen LogP contribution in [0, 0.1) is 5.82 Å². The molecule has 0 aliphatic heterocycles. The highest BCUT2D eigenvalue weighted by Gasteiger charge is 2.19. The largest absolute Gasteiger partial charge is 0.465 e. The number of hydrogen-bond acceptors (Lipinski definition) is 4. The van der Waals surface area contributed by atoms with Gasteiger partial charge in [0, 0.05) is 5.56 Å². The summed E-state index contributed by atoms with van der Waals surface area (Å²) in [6.45, 7) is 0. The first kappa shape index (κ1) is 10.4. The lowest BCUT2D eigenvalue weighted by Crippen LogP contribution is -2.02. The highest BCUT2D eigenvalue weighted by molar-refractivity contribution is 5.95. The Hall–Kier alpha value is -2.17. The molecule has 0 unspecified atom stereocenters. The number of hydrogen-bond donors (Lipinski definition) is 0. The van der Waals surface area contributed by atoms with Crippen molar-refractivity contribution < 1.29 is 18.4 Å². The summed E-state index contributed by atoms with van der Waals surface area (Å²) in [5.74, 6) is -1.08. The van der Waals surface area contributed by atoms with Gasteiger partial charge in [-0.1, -0.05) is 17.3 Å². The zero-order valence-electron chi connectivity index (χ0n) is 8.44. The first-order chi connectivity index (χ1) is 7.74. The Morgan fingerprint density at radius 2 is 2.19 bits per heavy atom. The molecule has 1 heterocycles. The topological polar surface area (TPSA) is 52.3 Å². The molecule has 2 rings (SSSR count). The normalized spacial score (nSPS) is 10.1. The number of halogens is 1. The van der Waals surface area contributed by atoms with Gasteiger partial charge in [0.15, 0.2) is 0 Å². The van der Waals surface area contributed by atoms with Crippen LogP contribution in [0.3, 0.4) is 0 Å². The average Bonchev–Trinajstić information content (AvgIpc) is 2.77. The maximum atomic E-state index is 13.5. The fourth-order valence-electron chi connectivity index (χ4n) is 1.34. The summed E-state index contributed by atoms with van der Waals surface area (Å²) in [7, 11) is 1.24. The van der Waals surface area contributed by atoms with Gasteiger partial charge in [0.25, 0.3) is 0 Å². The number of ether oxygens (including phenoxy) is 1. The first-order valence-corrected chi connectivity index (χ1v) is 4.51. The Bertz CT molecular complexity index is 521. The Morgan fingerprint density at radius 1 is 1.44 bits per heavy atom. The van der Waals surface area contributed by atoms with Crippen LogP contribution in [0.2, 0.25) is 0 Å². The second kappa shape index (κ2) is 4.14. The van der Waals surface area contributed by atoms with Gasteiger partial charge in [0.2, 0.25) is 0 Å². The van der Waals surface area contributed by atoms with E-state index in [1.54, 1.807) is 12.1 Å². The molecule has 0 radical (unpaired) electrons. The SMILES string of the molecule is COC(=O)c1conc1-c1ccccc1F. The van der Waals surface area contributed by atoms with Gasteiger partial charge in [-0.15, -0.1) is 0 Å². The van der Waals surface area contributed by atoms with Crippen molar-refractivity contribution in [3.63, 3.8) is 0 Å². The third-order valence-electron chi connectivity index (χ3n) is 2.10. The minimum Gasteiger partial charge on any atom is -0.465 e. The van der Waals surface area contributed by atoms with E-state index >= 15 is 0 Å². The van der Waals surface area contributed by atoms with Crippen LogP contribution in [0.5, 0.6) is 0 Å². The average molecular weight is 221 g/mol. The molecule has 0 saturated heterocycles. The summed E-state index contributed by atoms with van der Waals surface area (Å²) in [4.78, 5) is 11.3. The Morgan fingerprint density at radius 3 is 2.88 bits per heavy atom. The molecule has 0 bridgehead atoms. The fourth-order valence-corrected chi connectivity index (χ4v) is 1.34. The molecule has 0 aliphatic rings. The van der Waals surface area contributed by atoms with Crippen molar-refractivity contribution in [1.29, 1.82) is 0 Å². The number of esters is 1. The molecule has 2 aromatic rings. The molecular weight excluding hydrogens is 213 g/mol. The molecule has 82 valence electrons. The van der Waals surface area contributed by atoms with E-state index in [4.69, 9.17) is 0 Å². The quantitative estimate of drug-likeness (QED) is 0.730. The van der Waals surface area contributed by atoms with Crippen LogP contribution >= 0.6 is 0 Å². The van der Waals surface area contributed by atoms with E-state index in [2.05, 4.69) is 14.4 Å². The van der Waals surface area contributed by atoms with Crippen molar-refractivity contribution >= 4 is 5.97 Å². The predicted molar refractivity (Wildman–Crippen MR) is 53.2 cm³/mol. The molecule has 0 fully saturated rings. The number of methoxy groups -OCH3 is 1. The summed E-state index contributed by atoms with van der Waals surface area (Å²) in [6, 6.07) is 6.00. The lowest BCUT2D eigenvalue weighted by Gasteiger charge is -2.00. The number of rotatable bonds is 2. The van der Waals surface area contributed by atoms with Gasteiger partial charge in [-0.2, -0.15) is 0 Å². The molecule has 1 aromatic heterocycles. The highest BCUT2D eigenvalue weighted by Crippen LogP contribution is 2.25. The Labute approximate surface area is 90.6 Å². The van der Waals surface area contributed by atoms with E-state index in [1.165, 1.54) is 19.2 Å². The van der Waals surface area contributed by atoms with Crippen LogP contribution in [-0.4, -0.2) is 18.2 Å². The summed E-state index contributed by atoms with van der Waals surface area (Å²) in [5.41, 5.74) is 0.453. The second-order valence-electron chi connectivity index (χ2n) is 3.05. The third kappa shape index (κ3) is 1.67. The van der Waals surface area contributed by atoms with Crippen LogP contribution in [0.4, 0.5) is 4.39 Å². The maximum absolute atomic E-state index is 13.5. The van der Waals surface area contributed by atoms with E-state index in [-0.39, 0.29) is 16.8 Å². The molecule has 0 aliphatic carbocycles. The third-order valence-corrected chi connectivity index (χ3v) is 2.10. The lowest BCUT2D eigenvalue weighted by molar-refractivity contribution is 0.0600. The van der Waals surface area contributed by atoms with Crippen molar-refractivity contribution in [2.24, 2.45) is 0 Å². The van der Waals surface area contributed by atoms with Crippen molar-refractivity contribution in [2.75, 3.05) is 7.11 Å². The number of carbonyl (C=O) groups excluding carboxylic acids is 1. The van der Waals surface area contributed by atoms with Crippen LogP contribution in [-0.2, 0) is 4.74 Å².